The summed E-state index contributed by atoms with van der Waals surface area (Å²) in [6.07, 6.45) is 2.73. The molecule has 0 radical (unpaired) electrons. The summed E-state index contributed by atoms with van der Waals surface area (Å²) in [5, 5.41) is 16.2. The Morgan fingerprint density at radius 1 is 0.871 bits per heavy atom. The van der Waals surface area contributed by atoms with E-state index in [-0.39, 0.29) is 6.61 Å². The zero-order valence-corrected chi connectivity index (χ0v) is 17.7. The molecule has 2 N–H and O–H groups in total. The van der Waals surface area contributed by atoms with E-state index in [1.165, 1.54) is 16.5 Å². The van der Waals surface area contributed by atoms with Gasteiger partial charge in [-0.05, 0) is 59.7 Å². The number of benzene rings is 3. The van der Waals surface area contributed by atoms with Crippen LogP contribution < -0.4 is 10.2 Å². The van der Waals surface area contributed by atoms with Crippen LogP contribution in [0.1, 0.15) is 6.42 Å². The number of aliphatic hydroxyl groups is 1. The molecular formula is C26H28N4O. The van der Waals surface area contributed by atoms with Gasteiger partial charge in [-0.15, -0.1) is 0 Å². The largest absolute Gasteiger partial charge is 0.396 e. The monoisotopic (exact) mass is 412 g/mol. The van der Waals surface area contributed by atoms with Gasteiger partial charge < -0.3 is 15.3 Å². The average molecular weight is 413 g/mol. The number of pyridine rings is 1. The highest BCUT2D eigenvalue weighted by Gasteiger charge is 2.16. The summed E-state index contributed by atoms with van der Waals surface area (Å²) in [7, 11) is 0. The van der Waals surface area contributed by atoms with E-state index in [1.807, 2.05) is 12.3 Å². The molecule has 0 amide bonds. The van der Waals surface area contributed by atoms with E-state index in [0.29, 0.717) is 0 Å². The summed E-state index contributed by atoms with van der Waals surface area (Å²) in [5.74, 6) is 0. The van der Waals surface area contributed by atoms with Gasteiger partial charge in [0.15, 0.2) is 0 Å². The van der Waals surface area contributed by atoms with E-state index >= 15 is 0 Å². The zero-order valence-electron chi connectivity index (χ0n) is 17.7. The van der Waals surface area contributed by atoms with E-state index in [1.54, 1.807) is 0 Å². The van der Waals surface area contributed by atoms with Crippen molar-refractivity contribution in [3.05, 3.63) is 72.9 Å². The van der Waals surface area contributed by atoms with Crippen molar-refractivity contribution in [3.63, 3.8) is 0 Å². The fourth-order valence-electron chi connectivity index (χ4n) is 4.38. The van der Waals surface area contributed by atoms with Gasteiger partial charge in [0, 0.05) is 68.0 Å². The van der Waals surface area contributed by atoms with E-state index in [4.69, 9.17) is 5.11 Å². The smallest absolute Gasteiger partial charge is 0.0729 e. The number of aromatic nitrogens is 1. The van der Waals surface area contributed by atoms with Crippen LogP contribution in [-0.2, 0) is 0 Å². The summed E-state index contributed by atoms with van der Waals surface area (Å²) in [6.45, 7) is 5.43. The van der Waals surface area contributed by atoms with Crippen molar-refractivity contribution in [2.45, 2.75) is 6.42 Å². The SMILES string of the molecule is OCCCN1CCN(c2ccc(Nc3ccnc4cc5ccccc5cc34)cc2)CC1. The summed E-state index contributed by atoms with van der Waals surface area (Å²) >= 11 is 0. The first-order chi connectivity index (χ1) is 15.3. The van der Waals surface area contributed by atoms with Gasteiger partial charge in [0.25, 0.3) is 0 Å². The van der Waals surface area contributed by atoms with Gasteiger partial charge in [0.2, 0.25) is 0 Å². The molecule has 31 heavy (non-hydrogen) atoms. The van der Waals surface area contributed by atoms with Crippen LogP contribution in [0.3, 0.4) is 0 Å². The number of fused-ring (bicyclic) bond motifs is 2. The van der Waals surface area contributed by atoms with E-state index < -0.39 is 0 Å². The Bertz CT molecular complexity index is 1170. The Morgan fingerprint density at radius 3 is 2.35 bits per heavy atom. The number of piperazine rings is 1. The maximum absolute atomic E-state index is 9.02. The Hall–Kier alpha value is -3.15. The van der Waals surface area contributed by atoms with Crippen molar-refractivity contribution in [2.24, 2.45) is 0 Å². The number of hydrogen-bond donors (Lipinski definition) is 2. The van der Waals surface area contributed by atoms with Crippen LogP contribution in [0.2, 0.25) is 0 Å². The summed E-state index contributed by atoms with van der Waals surface area (Å²) in [5.41, 5.74) is 4.41. The van der Waals surface area contributed by atoms with Crippen LogP contribution in [-0.4, -0.2) is 54.3 Å². The number of nitrogens with zero attached hydrogens (tertiary/aromatic N) is 3. The minimum Gasteiger partial charge on any atom is -0.396 e. The van der Waals surface area contributed by atoms with Crippen LogP contribution in [0.25, 0.3) is 21.7 Å². The molecule has 3 aromatic carbocycles. The van der Waals surface area contributed by atoms with Crippen molar-refractivity contribution in [1.82, 2.24) is 9.88 Å². The van der Waals surface area contributed by atoms with Crippen LogP contribution in [0.15, 0.2) is 72.9 Å². The van der Waals surface area contributed by atoms with Crippen LogP contribution >= 0.6 is 0 Å². The first-order valence-corrected chi connectivity index (χ1v) is 11.0. The Balaban J connectivity index is 1.31. The van der Waals surface area contributed by atoms with Gasteiger partial charge in [-0.2, -0.15) is 0 Å². The minimum absolute atomic E-state index is 0.275. The summed E-state index contributed by atoms with van der Waals surface area (Å²) in [6, 6.07) is 23.5. The lowest BCUT2D eigenvalue weighted by molar-refractivity contribution is 0.216. The summed E-state index contributed by atoms with van der Waals surface area (Å²) in [4.78, 5) is 9.44. The van der Waals surface area contributed by atoms with Crippen molar-refractivity contribution in [2.75, 3.05) is 49.5 Å². The molecular weight excluding hydrogens is 384 g/mol. The van der Waals surface area contributed by atoms with E-state index in [2.05, 4.69) is 80.8 Å². The lowest BCUT2D eigenvalue weighted by atomic mass is 10.1. The lowest BCUT2D eigenvalue weighted by Gasteiger charge is -2.36. The van der Waals surface area contributed by atoms with Crippen molar-refractivity contribution in [1.29, 1.82) is 0 Å². The number of hydrogen-bond acceptors (Lipinski definition) is 5. The number of nitrogens with one attached hydrogen (secondary N) is 1. The predicted octanol–water partition coefficient (Wildman–Crippen LogP) is 4.64. The van der Waals surface area contributed by atoms with Crippen molar-refractivity contribution >= 4 is 38.7 Å². The molecule has 0 saturated carbocycles. The number of anilines is 3. The zero-order chi connectivity index (χ0) is 21.0. The fourth-order valence-corrected chi connectivity index (χ4v) is 4.38. The molecule has 1 fully saturated rings. The standard InChI is InChI=1S/C26H28N4O/c31-17-3-12-29-13-15-30(16-14-29)23-8-6-22(7-9-23)28-25-10-11-27-26-19-21-5-2-1-4-20(21)18-24(25)26/h1-2,4-11,18-19,31H,3,12-17H2,(H,27,28). The molecule has 0 spiro atoms. The average Bonchev–Trinajstić information content (AvgIpc) is 2.83. The normalized spacial score (nSPS) is 14.9. The van der Waals surface area contributed by atoms with Gasteiger partial charge in [-0.1, -0.05) is 24.3 Å². The Morgan fingerprint density at radius 2 is 1.61 bits per heavy atom. The van der Waals surface area contributed by atoms with Crippen LogP contribution in [0.4, 0.5) is 17.1 Å². The first kappa shape index (κ1) is 19.8. The molecule has 4 aromatic rings. The van der Waals surface area contributed by atoms with Gasteiger partial charge in [-0.3, -0.25) is 9.88 Å². The lowest BCUT2D eigenvalue weighted by Crippen LogP contribution is -2.46. The van der Waals surface area contributed by atoms with Crippen molar-refractivity contribution in [3.8, 4) is 0 Å². The highest BCUT2D eigenvalue weighted by atomic mass is 16.3. The molecule has 0 unspecified atom stereocenters. The van der Waals surface area contributed by atoms with Gasteiger partial charge in [-0.25, -0.2) is 0 Å². The molecule has 1 aliphatic heterocycles. The second-order valence-electron chi connectivity index (χ2n) is 8.15. The molecule has 1 saturated heterocycles. The Kier molecular flexibility index (Phi) is 5.69. The highest BCUT2D eigenvalue weighted by molar-refractivity contribution is 6.02. The third-order valence-corrected chi connectivity index (χ3v) is 6.13. The maximum Gasteiger partial charge on any atom is 0.0729 e. The molecule has 0 bridgehead atoms. The van der Waals surface area contributed by atoms with Crippen molar-refractivity contribution < 1.29 is 5.11 Å². The molecule has 158 valence electrons. The highest BCUT2D eigenvalue weighted by Crippen LogP contribution is 2.30. The molecule has 1 aliphatic rings. The third kappa shape index (κ3) is 4.33. The third-order valence-electron chi connectivity index (χ3n) is 6.13. The number of rotatable bonds is 6. The van der Waals surface area contributed by atoms with Gasteiger partial charge in [0.1, 0.15) is 0 Å². The maximum atomic E-state index is 9.02. The molecule has 0 atom stereocenters. The Labute approximate surface area is 182 Å². The first-order valence-electron chi connectivity index (χ1n) is 11.0. The fraction of sp³-hybridized carbons (Fsp3) is 0.269. The summed E-state index contributed by atoms with van der Waals surface area (Å²) < 4.78 is 0. The molecule has 5 nitrogen and oxygen atoms in total. The number of aliphatic hydroxyl groups excluding tert-OH is 1. The molecule has 0 aliphatic carbocycles. The van der Waals surface area contributed by atoms with Crippen LogP contribution in [0.5, 0.6) is 0 Å². The predicted molar refractivity (Wildman–Crippen MR) is 129 cm³/mol. The van der Waals surface area contributed by atoms with Crippen LogP contribution in [0, 0.1) is 0 Å². The topological polar surface area (TPSA) is 51.6 Å². The second-order valence-corrected chi connectivity index (χ2v) is 8.15. The molecule has 1 aromatic heterocycles. The molecule has 5 rings (SSSR count). The van der Waals surface area contributed by atoms with E-state index in [0.717, 1.165) is 61.4 Å². The van der Waals surface area contributed by atoms with E-state index in [9.17, 15) is 0 Å². The minimum atomic E-state index is 0.275. The second kappa shape index (κ2) is 8.92. The van der Waals surface area contributed by atoms with Gasteiger partial charge in [0.05, 0.1) is 5.52 Å². The molecule has 5 heteroatoms. The van der Waals surface area contributed by atoms with Gasteiger partial charge >= 0.3 is 0 Å². The molecule has 2 heterocycles. The quantitative estimate of drug-likeness (QED) is 0.452.